The quantitative estimate of drug-likeness (QED) is 0.157. The number of hydrogen-bond acceptors (Lipinski definition) is 8. The van der Waals surface area contributed by atoms with Crippen LogP contribution >= 0.6 is 0 Å². The Kier molecular flexibility index (Phi) is 6.82. The lowest BCUT2D eigenvalue weighted by Crippen LogP contribution is -2.40. The number of imide groups is 1. The lowest BCUT2D eigenvalue weighted by molar-refractivity contribution is -0.149. The van der Waals surface area contributed by atoms with Gasteiger partial charge in [-0.1, -0.05) is 12.1 Å². The van der Waals surface area contributed by atoms with E-state index in [1.54, 1.807) is 7.11 Å². The van der Waals surface area contributed by atoms with Crippen molar-refractivity contribution in [2.45, 2.75) is 25.4 Å². The molecule has 216 valence electrons. The third-order valence-corrected chi connectivity index (χ3v) is 8.03. The number of methoxy groups -OCH3 is 3. The molecule has 2 amide bonds. The number of carbonyl (C=O) groups excluding carboxylic acids is 4. The van der Waals surface area contributed by atoms with Crippen LogP contribution in [-0.4, -0.2) is 66.8 Å². The van der Waals surface area contributed by atoms with Gasteiger partial charge in [-0.3, -0.25) is 24.5 Å². The molecule has 11 heteroatoms. The van der Waals surface area contributed by atoms with Crippen molar-refractivity contribution in [3.63, 3.8) is 0 Å². The second kappa shape index (κ2) is 10.5. The predicted octanol–water partition coefficient (Wildman–Crippen LogP) is 3.42. The van der Waals surface area contributed by atoms with Crippen molar-refractivity contribution in [1.29, 1.82) is 0 Å². The molecule has 1 aliphatic heterocycles. The second-order valence-corrected chi connectivity index (χ2v) is 10.3. The third kappa shape index (κ3) is 4.16. The van der Waals surface area contributed by atoms with E-state index in [1.807, 2.05) is 54.2 Å². The van der Waals surface area contributed by atoms with Crippen molar-refractivity contribution >= 4 is 67.2 Å². The first-order chi connectivity index (χ1) is 20.3. The fourth-order valence-electron chi connectivity index (χ4n) is 6.14. The molecule has 1 aliphatic rings. The van der Waals surface area contributed by atoms with E-state index in [9.17, 15) is 19.2 Å². The molecule has 6 rings (SSSR count). The van der Waals surface area contributed by atoms with Crippen molar-refractivity contribution in [2.75, 3.05) is 27.9 Å². The van der Waals surface area contributed by atoms with Crippen LogP contribution in [-0.2, 0) is 32.7 Å². The molecule has 0 saturated heterocycles. The molecule has 1 atom stereocenters. The van der Waals surface area contributed by atoms with E-state index >= 15 is 0 Å². The van der Waals surface area contributed by atoms with Crippen LogP contribution in [0.3, 0.4) is 0 Å². The Hall–Kier alpha value is -4.90. The number of aromatic nitrogens is 2. The lowest BCUT2D eigenvalue weighted by Gasteiger charge is -2.16. The van der Waals surface area contributed by atoms with Gasteiger partial charge < -0.3 is 28.7 Å². The van der Waals surface area contributed by atoms with Crippen molar-refractivity contribution < 1.29 is 33.4 Å². The molecule has 0 spiro atoms. The summed E-state index contributed by atoms with van der Waals surface area (Å²) in [4.78, 5) is 50.7. The number of benzene rings is 3. The first kappa shape index (κ1) is 27.3. The maximum Gasteiger partial charge on any atom is 0.323 e. The van der Waals surface area contributed by atoms with E-state index in [4.69, 9.17) is 14.2 Å². The van der Waals surface area contributed by atoms with Gasteiger partial charge in [-0.05, 0) is 31.2 Å². The molecular formula is C31H30N4O7. The van der Waals surface area contributed by atoms with Gasteiger partial charge in [0.15, 0.2) is 0 Å². The Morgan fingerprint density at radius 3 is 2.33 bits per heavy atom. The molecule has 2 N–H and O–H groups in total. The van der Waals surface area contributed by atoms with Crippen LogP contribution in [0.15, 0.2) is 42.6 Å². The van der Waals surface area contributed by atoms with Crippen molar-refractivity contribution in [3.8, 4) is 5.75 Å². The van der Waals surface area contributed by atoms with Gasteiger partial charge in [0.25, 0.3) is 11.8 Å². The van der Waals surface area contributed by atoms with E-state index in [0.717, 1.165) is 38.1 Å². The summed E-state index contributed by atoms with van der Waals surface area (Å²) >= 11 is 0. The number of carbonyl (C=O) groups is 4. The van der Waals surface area contributed by atoms with Crippen molar-refractivity contribution in [1.82, 2.24) is 19.8 Å². The minimum Gasteiger partial charge on any atom is -0.497 e. The predicted molar refractivity (Wildman–Crippen MR) is 157 cm³/mol. The van der Waals surface area contributed by atoms with Crippen LogP contribution < -0.4 is 15.4 Å². The zero-order valence-corrected chi connectivity index (χ0v) is 23.7. The number of aryl methyl sites for hydroxylation is 2. The number of nitrogens with one attached hydrogen (secondary N) is 2. The number of esters is 2. The molecule has 0 bridgehead atoms. The molecule has 3 heterocycles. The van der Waals surface area contributed by atoms with E-state index < -0.39 is 29.8 Å². The van der Waals surface area contributed by atoms with Crippen LogP contribution in [0.2, 0.25) is 0 Å². The molecule has 0 saturated carbocycles. The largest absolute Gasteiger partial charge is 0.497 e. The molecular weight excluding hydrogens is 540 g/mol. The minimum absolute atomic E-state index is 0.150. The normalized spacial score (nSPS) is 13.6. The zero-order chi connectivity index (χ0) is 29.7. The van der Waals surface area contributed by atoms with Gasteiger partial charge >= 0.3 is 11.9 Å². The maximum atomic E-state index is 13.3. The summed E-state index contributed by atoms with van der Waals surface area (Å²) in [6.07, 6.45) is 2.36. The summed E-state index contributed by atoms with van der Waals surface area (Å²) in [5, 5.41) is 9.71. The first-order valence-corrected chi connectivity index (χ1v) is 13.6. The van der Waals surface area contributed by atoms with Crippen molar-refractivity contribution in [2.24, 2.45) is 7.05 Å². The summed E-state index contributed by atoms with van der Waals surface area (Å²) in [5.74, 6) is -1.25. The monoisotopic (exact) mass is 570 g/mol. The number of hydrogen-bond donors (Lipinski definition) is 2. The zero-order valence-electron chi connectivity index (χ0n) is 23.7. The Morgan fingerprint density at radius 1 is 0.929 bits per heavy atom. The first-order valence-electron chi connectivity index (χ1n) is 13.6. The average Bonchev–Trinajstić information content (AvgIpc) is 3.63. The standard InChI is InChI=1S/C31H30N4O7/c1-34-13-10-16-6-8-19-24(27(16)34)26-25(29(37)33-30(26)38)23-18-9-7-17(40-2)14-21(18)35(28(19)23)12-5-11-32-20(31(39)42-4)15-22(36)41-3/h6-10,13-14,20,32H,5,11-12,15H2,1-4H3,(H,33,37,38)/t20-/m0/s1. The molecule has 3 aromatic carbocycles. The topological polar surface area (TPSA) is 130 Å². The van der Waals surface area contributed by atoms with Gasteiger partial charge in [0, 0.05) is 52.8 Å². The third-order valence-electron chi connectivity index (χ3n) is 8.03. The fraction of sp³-hybridized carbons (Fsp3) is 0.290. The Labute approximate surface area is 240 Å². The van der Waals surface area contributed by atoms with Crippen LogP contribution in [0, 0.1) is 0 Å². The highest BCUT2D eigenvalue weighted by molar-refractivity contribution is 6.39. The number of amides is 2. The molecule has 0 radical (unpaired) electrons. The van der Waals surface area contributed by atoms with Gasteiger partial charge in [-0.25, -0.2) is 0 Å². The number of fused-ring (bicyclic) bond motifs is 10. The van der Waals surface area contributed by atoms with Gasteiger partial charge in [0.2, 0.25) is 0 Å². The average molecular weight is 571 g/mol. The second-order valence-electron chi connectivity index (χ2n) is 10.3. The summed E-state index contributed by atoms with van der Waals surface area (Å²) in [6.45, 7) is 0.896. The fourth-order valence-corrected chi connectivity index (χ4v) is 6.14. The maximum absolute atomic E-state index is 13.3. The van der Waals surface area contributed by atoms with Gasteiger partial charge in [-0.2, -0.15) is 0 Å². The van der Waals surface area contributed by atoms with E-state index in [0.29, 0.717) is 41.8 Å². The molecule has 2 aromatic heterocycles. The molecule has 0 fully saturated rings. The van der Waals surface area contributed by atoms with E-state index in [1.165, 1.54) is 14.2 Å². The Balaban J connectivity index is 1.54. The highest BCUT2D eigenvalue weighted by Crippen LogP contribution is 2.44. The Morgan fingerprint density at radius 2 is 1.64 bits per heavy atom. The summed E-state index contributed by atoms with van der Waals surface area (Å²) in [5.41, 5.74) is 3.30. The highest BCUT2D eigenvalue weighted by Gasteiger charge is 2.35. The number of nitrogens with zero attached hydrogens (tertiary/aromatic N) is 2. The van der Waals surface area contributed by atoms with E-state index in [-0.39, 0.29) is 6.42 Å². The molecule has 11 nitrogen and oxygen atoms in total. The smallest absolute Gasteiger partial charge is 0.323 e. The molecule has 5 aromatic rings. The highest BCUT2D eigenvalue weighted by atomic mass is 16.5. The minimum atomic E-state index is -0.842. The van der Waals surface area contributed by atoms with Crippen molar-refractivity contribution in [3.05, 3.63) is 53.7 Å². The van der Waals surface area contributed by atoms with Gasteiger partial charge in [0.05, 0.1) is 55.4 Å². The van der Waals surface area contributed by atoms with Gasteiger partial charge in [0.1, 0.15) is 11.8 Å². The van der Waals surface area contributed by atoms with E-state index in [2.05, 4.69) is 15.2 Å². The van der Waals surface area contributed by atoms with Crippen LogP contribution in [0.25, 0.3) is 43.5 Å². The van der Waals surface area contributed by atoms with Crippen LogP contribution in [0.5, 0.6) is 5.75 Å². The number of ether oxygens (including phenoxy) is 3. The lowest BCUT2D eigenvalue weighted by atomic mass is 9.93. The van der Waals surface area contributed by atoms with Crippen LogP contribution in [0.4, 0.5) is 0 Å². The van der Waals surface area contributed by atoms with Gasteiger partial charge in [-0.15, -0.1) is 0 Å². The summed E-state index contributed by atoms with van der Waals surface area (Å²) < 4.78 is 19.2. The molecule has 0 unspecified atom stereocenters. The molecule has 0 aliphatic carbocycles. The number of rotatable bonds is 9. The molecule has 42 heavy (non-hydrogen) atoms. The Bertz CT molecular complexity index is 1950. The summed E-state index contributed by atoms with van der Waals surface area (Å²) in [7, 11) is 6.06. The van der Waals surface area contributed by atoms with Crippen LogP contribution in [0.1, 0.15) is 33.6 Å². The SMILES string of the molecule is COC(=O)C[C@H](NCCCn1c2cc(OC)ccc2c2c3c(c4c(ccc5ccn(C)c54)c21)C(=O)NC3=O)C(=O)OC. The summed E-state index contributed by atoms with van der Waals surface area (Å²) in [6, 6.07) is 10.8.